The van der Waals surface area contributed by atoms with Crippen LogP contribution in [0.5, 0.6) is 0 Å². The number of hydrogen-bond acceptors (Lipinski definition) is 10. The summed E-state index contributed by atoms with van der Waals surface area (Å²) >= 11 is 0. The van der Waals surface area contributed by atoms with Gasteiger partial charge in [0.1, 0.15) is 23.4 Å². The molecule has 5 amide bonds. The Bertz CT molecular complexity index is 1690. The number of nitrogens with zero attached hydrogens (tertiary/aromatic N) is 6. The maximum Gasteiger partial charge on any atom is 0.271 e. The number of imide groups is 2. The second kappa shape index (κ2) is 13.3. The highest BCUT2D eigenvalue weighted by Gasteiger charge is 2.46. The molecule has 6 heterocycles. The number of halogens is 1. The van der Waals surface area contributed by atoms with Crippen molar-refractivity contribution in [3.63, 3.8) is 0 Å². The SMILES string of the molecule is O=C1CCC(N2C(=O)c3cc(F)c(N4CCC(CN5CC6CN(c7cnc(C(=O)NC8CCCCC8)cn7)CC6C5)CC4)cc3C2=O)C(=O)N1. The van der Waals surface area contributed by atoms with Crippen LogP contribution in [0, 0.1) is 23.6 Å². The van der Waals surface area contributed by atoms with Crippen LogP contribution in [0.25, 0.3) is 0 Å². The molecule has 3 unspecified atom stereocenters. The molecule has 6 aliphatic rings. The van der Waals surface area contributed by atoms with Gasteiger partial charge in [-0.2, -0.15) is 0 Å². The molecule has 0 bridgehead atoms. The lowest BCUT2D eigenvalue weighted by Crippen LogP contribution is -2.54. The molecule has 4 saturated heterocycles. The summed E-state index contributed by atoms with van der Waals surface area (Å²) in [4.78, 5) is 79.7. The van der Waals surface area contributed by atoms with E-state index >= 15 is 4.39 Å². The summed E-state index contributed by atoms with van der Waals surface area (Å²) < 4.78 is 15.4. The van der Waals surface area contributed by atoms with Crippen LogP contribution in [0.1, 0.15) is 89.0 Å². The van der Waals surface area contributed by atoms with Crippen LogP contribution in [-0.2, 0) is 9.59 Å². The number of carbonyl (C=O) groups excluding carboxylic acids is 5. The van der Waals surface area contributed by atoms with Crippen molar-refractivity contribution in [1.82, 2.24) is 30.4 Å². The Hall–Kier alpha value is -4.46. The minimum atomic E-state index is -1.08. The van der Waals surface area contributed by atoms with Gasteiger partial charge >= 0.3 is 0 Å². The van der Waals surface area contributed by atoms with Gasteiger partial charge in [-0.1, -0.05) is 19.3 Å². The molecule has 3 atom stereocenters. The summed E-state index contributed by atoms with van der Waals surface area (Å²) in [5.41, 5.74) is 0.716. The fourth-order valence-corrected chi connectivity index (χ4v) is 8.98. The van der Waals surface area contributed by atoms with E-state index in [2.05, 4.69) is 30.4 Å². The number of fused-ring (bicyclic) bond motifs is 2. The van der Waals surface area contributed by atoms with Gasteiger partial charge in [-0.25, -0.2) is 14.4 Å². The van der Waals surface area contributed by atoms with Gasteiger partial charge in [0.25, 0.3) is 17.7 Å². The first-order valence-corrected chi connectivity index (χ1v) is 18.1. The summed E-state index contributed by atoms with van der Waals surface area (Å²) in [6, 6.07) is 1.72. The molecule has 13 nitrogen and oxygen atoms in total. The van der Waals surface area contributed by atoms with Crippen LogP contribution < -0.4 is 20.4 Å². The third-order valence-electron chi connectivity index (χ3n) is 11.7. The molecule has 8 rings (SSSR count). The van der Waals surface area contributed by atoms with E-state index in [1.807, 2.05) is 4.90 Å². The van der Waals surface area contributed by atoms with E-state index in [0.717, 1.165) is 88.0 Å². The van der Waals surface area contributed by atoms with Crippen LogP contribution in [0.3, 0.4) is 0 Å². The molecule has 0 spiro atoms. The van der Waals surface area contributed by atoms with E-state index in [1.54, 1.807) is 12.4 Å². The van der Waals surface area contributed by atoms with Gasteiger partial charge in [0, 0.05) is 58.3 Å². The van der Waals surface area contributed by atoms with E-state index in [0.29, 0.717) is 42.2 Å². The number of rotatable bonds is 7. The molecule has 1 aromatic carbocycles. The molecule has 5 aliphatic heterocycles. The number of hydrogen-bond donors (Lipinski definition) is 2. The number of carbonyl (C=O) groups is 5. The number of nitrogens with one attached hydrogen (secondary N) is 2. The van der Waals surface area contributed by atoms with E-state index < -0.39 is 35.5 Å². The maximum atomic E-state index is 15.4. The Balaban J connectivity index is 0.816. The second-order valence-electron chi connectivity index (χ2n) is 14.9. The predicted molar refractivity (Wildman–Crippen MR) is 180 cm³/mol. The Morgan fingerprint density at radius 2 is 1.54 bits per heavy atom. The fourth-order valence-electron chi connectivity index (χ4n) is 8.98. The van der Waals surface area contributed by atoms with Gasteiger partial charge in [-0.05, 0) is 62.0 Å². The molecular weight excluding hydrogens is 643 g/mol. The monoisotopic (exact) mass is 686 g/mol. The maximum absolute atomic E-state index is 15.4. The number of benzene rings is 1. The van der Waals surface area contributed by atoms with Crippen molar-refractivity contribution < 1.29 is 28.4 Å². The molecule has 1 aliphatic carbocycles. The molecule has 1 saturated carbocycles. The molecule has 2 N–H and O–H groups in total. The number of aromatic nitrogens is 2. The van der Waals surface area contributed by atoms with Gasteiger partial charge in [-0.15, -0.1) is 0 Å². The molecule has 5 fully saturated rings. The lowest BCUT2D eigenvalue weighted by Gasteiger charge is -2.35. The Morgan fingerprint density at radius 1 is 0.840 bits per heavy atom. The van der Waals surface area contributed by atoms with Gasteiger partial charge in [0.15, 0.2) is 0 Å². The lowest BCUT2D eigenvalue weighted by molar-refractivity contribution is -0.136. The first kappa shape index (κ1) is 32.7. The van der Waals surface area contributed by atoms with Crippen LogP contribution in [0.15, 0.2) is 24.5 Å². The van der Waals surface area contributed by atoms with Crippen LogP contribution in [0.4, 0.5) is 15.9 Å². The normalized spacial score (nSPS) is 26.4. The minimum absolute atomic E-state index is 0.0295. The Labute approximate surface area is 289 Å². The van der Waals surface area contributed by atoms with Crippen molar-refractivity contribution in [3.05, 3.63) is 47.2 Å². The van der Waals surface area contributed by atoms with Crippen LogP contribution >= 0.6 is 0 Å². The molecule has 264 valence electrons. The van der Waals surface area contributed by atoms with Crippen LogP contribution in [0.2, 0.25) is 0 Å². The van der Waals surface area contributed by atoms with E-state index in [-0.39, 0.29) is 35.9 Å². The zero-order valence-corrected chi connectivity index (χ0v) is 28.1. The number of amides is 5. The van der Waals surface area contributed by atoms with E-state index in [4.69, 9.17) is 0 Å². The zero-order valence-electron chi connectivity index (χ0n) is 28.1. The second-order valence-corrected chi connectivity index (χ2v) is 14.9. The first-order valence-electron chi connectivity index (χ1n) is 18.1. The van der Waals surface area contributed by atoms with Crippen molar-refractivity contribution in [2.75, 3.05) is 55.6 Å². The van der Waals surface area contributed by atoms with E-state index in [9.17, 15) is 24.0 Å². The topological polar surface area (TPSA) is 148 Å². The Morgan fingerprint density at radius 3 is 2.20 bits per heavy atom. The highest BCUT2D eigenvalue weighted by molar-refractivity contribution is 6.23. The molecule has 1 aromatic heterocycles. The standard InChI is InChI=1S/C36H43FN8O5/c37-27-12-25-26(36(50)45(35(25)49)29-6-7-32(46)41-34(29)48)13-30(27)43-10-8-21(9-11-43)16-42-17-22-19-44(20-23(22)18-42)31-15-38-28(14-39-31)33(47)40-24-4-2-1-3-5-24/h12-15,21-24,29H,1-11,16-20H2,(H,40,47)(H,41,46,48). The minimum Gasteiger partial charge on any atom is -0.369 e. The smallest absolute Gasteiger partial charge is 0.271 e. The number of likely N-dealkylation sites (tertiary alicyclic amines) is 1. The fraction of sp³-hybridized carbons (Fsp3) is 0.583. The largest absolute Gasteiger partial charge is 0.369 e. The third-order valence-corrected chi connectivity index (χ3v) is 11.7. The van der Waals surface area contributed by atoms with Crippen LogP contribution in [-0.4, -0.2) is 107 Å². The van der Waals surface area contributed by atoms with E-state index in [1.165, 1.54) is 12.5 Å². The summed E-state index contributed by atoms with van der Waals surface area (Å²) in [5.74, 6) is -0.776. The van der Waals surface area contributed by atoms with Gasteiger partial charge in [0.2, 0.25) is 11.8 Å². The molecular formula is C36H43FN8O5. The average Bonchev–Trinajstić information content (AvgIpc) is 3.75. The summed E-state index contributed by atoms with van der Waals surface area (Å²) in [6.07, 6.45) is 10.8. The molecule has 14 heteroatoms. The quantitative estimate of drug-likeness (QED) is 0.416. The highest BCUT2D eigenvalue weighted by Crippen LogP contribution is 2.36. The summed E-state index contributed by atoms with van der Waals surface area (Å²) in [5, 5.41) is 5.29. The molecule has 2 aromatic rings. The highest BCUT2D eigenvalue weighted by atomic mass is 19.1. The molecule has 0 radical (unpaired) electrons. The van der Waals surface area contributed by atoms with Crippen molar-refractivity contribution in [1.29, 1.82) is 0 Å². The average molecular weight is 687 g/mol. The van der Waals surface area contributed by atoms with Crippen molar-refractivity contribution in [3.8, 4) is 0 Å². The molecule has 50 heavy (non-hydrogen) atoms. The van der Waals surface area contributed by atoms with Crippen molar-refractivity contribution in [2.24, 2.45) is 17.8 Å². The number of piperidine rings is 2. The Kier molecular flexibility index (Phi) is 8.74. The zero-order chi connectivity index (χ0) is 34.5. The van der Waals surface area contributed by atoms with Gasteiger partial charge in [-0.3, -0.25) is 34.2 Å². The number of anilines is 2. The third kappa shape index (κ3) is 6.22. The van der Waals surface area contributed by atoms with Crippen molar-refractivity contribution in [2.45, 2.75) is 69.9 Å². The summed E-state index contributed by atoms with van der Waals surface area (Å²) in [6.45, 7) is 6.16. The van der Waals surface area contributed by atoms with Gasteiger partial charge < -0.3 is 20.0 Å². The predicted octanol–water partition coefficient (Wildman–Crippen LogP) is 2.36. The summed E-state index contributed by atoms with van der Waals surface area (Å²) in [7, 11) is 0. The lowest BCUT2D eigenvalue weighted by atomic mass is 9.95. The van der Waals surface area contributed by atoms with Crippen molar-refractivity contribution >= 4 is 41.0 Å². The first-order chi connectivity index (χ1) is 24.2. The van der Waals surface area contributed by atoms with Gasteiger partial charge in [0.05, 0.1) is 29.2 Å².